The van der Waals surface area contributed by atoms with E-state index in [1.807, 2.05) is 0 Å². The van der Waals surface area contributed by atoms with Crippen molar-refractivity contribution in [3.8, 4) is 0 Å². The van der Waals surface area contributed by atoms with Crippen LogP contribution >= 0.6 is 0 Å². The number of carbonyl (C=O) groups is 1. The quantitative estimate of drug-likeness (QED) is 0.474. The van der Waals surface area contributed by atoms with E-state index < -0.39 is 32.4 Å². The van der Waals surface area contributed by atoms with Gasteiger partial charge in [-0.1, -0.05) is 30.3 Å². The van der Waals surface area contributed by atoms with Crippen molar-refractivity contribution in [1.29, 1.82) is 0 Å². The predicted octanol–water partition coefficient (Wildman–Crippen LogP) is 2.86. The van der Waals surface area contributed by atoms with Crippen molar-refractivity contribution in [2.75, 3.05) is 0 Å². The Morgan fingerprint density at radius 1 is 1.12 bits per heavy atom. The van der Waals surface area contributed by atoms with Gasteiger partial charge in [0.05, 0.1) is 22.0 Å². The third kappa shape index (κ3) is 5.64. The van der Waals surface area contributed by atoms with Gasteiger partial charge in [0.1, 0.15) is 5.82 Å². The van der Waals surface area contributed by atoms with Gasteiger partial charge in [0.15, 0.2) is 0 Å². The Labute approximate surface area is 148 Å². The van der Waals surface area contributed by atoms with Crippen LogP contribution in [0.15, 0.2) is 60.0 Å². The minimum Gasteiger partial charge on any atom is -0.269 e. The average Bonchev–Trinajstić information content (AvgIpc) is 2.59. The maximum absolute atomic E-state index is 13.1. The SMILES string of the molecule is O=C(/C=C\c1ccc(F)cc1[N+](=O)[O-])NS(=O)(=O)/C=C\c1ccccc1. The van der Waals surface area contributed by atoms with Crippen molar-refractivity contribution in [3.63, 3.8) is 0 Å². The largest absolute Gasteiger partial charge is 0.279 e. The number of nitrogens with one attached hydrogen (secondary N) is 1. The third-order valence-electron chi connectivity index (χ3n) is 3.09. The summed E-state index contributed by atoms with van der Waals surface area (Å²) >= 11 is 0. The molecule has 0 aliphatic rings. The van der Waals surface area contributed by atoms with E-state index in [2.05, 4.69) is 0 Å². The van der Waals surface area contributed by atoms with Gasteiger partial charge in [0, 0.05) is 6.08 Å². The zero-order valence-electron chi connectivity index (χ0n) is 13.2. The fourth-order valence-corrected chi connectivity index (χ4v) is 2.67. The van der Waals surface area contributed by atoms with Crippen molar-refractivity contribution < 1.29 is 22.5 Å². The number of sulfonamides is 1. The highest BCUT2D eigenvalue weighted by atomic mass is 32.2. The first-order valence-electron chi connectivity index (χ1n) is 7.19. The summed E-state index contributed by atoms with van der Waals surface area (Å²) in [4.78, 5) is 21.8. The Balaban J connectivity index is 2.09. The molecule has 0 bridgehead atoms. The summed E-state index contributed by atoms with van der Waals surface area (Å²) in [5.41, 5.74) is 0.0486. The number of amides is 1. The molecular formula is C17H13FN2O5S. The number of hydrogen-bond donors (Lipinski definition) is 1. The van der Waals surface area contributed by atoms with E-state index >= 15 is 0 Å². The lowest BCUT2D eigenvalue weighted by atomic mass is 10.1. The van der Waals surface area contributed by atoms with Crippen LogP contribution in [0.1, 0.15) is 11.1 Å². The van der Waals surface area contributed by atoms with Gasteiger partial charge < -0.3 is 0 Å². The minimum atomic E-state index is -4.04. The van der Waals surface area contributed by atoms with Gasteiger partial charge in [-0.15, -0.1) is 0 Å². The maximum Gasteiger partial charge on any atom is 0.279 e. The van der Waals surface area contributed by atoms with Gasteiger partial charge in [0.2, 0.25) is 0 Å². The summed E-state index contributed by atoms with van der Waals surface area (Å²) in [6.45, 7) is 0. The van der Waals surface area contributed by atoms with Crippen LogP contribution < -0.4 is 4.72 Å². The number of nitro groups is 1. The first kappa shape index (κ1) is 19.0. The normalized spacial score (nSPS) is 11.7. The number of nitrogens with zero attached hydrogens (tertiary/aromatic N) is 1. The molecule has 9 heteroatoms. The Morgan fingerprint density at radius 3 is 2.46 bits per heavy atom. The number of carbonyl (C=O) groups excluding carboxylic acids is 1. The number of halogens is 1. The van der Waals surface area contributed by atoms with Crippen LogP contribution in [0.25, 0.3) is 12.2 Å². The highest BCUT2D eigenvalue weighted by Crippen LogP contribution is 2.21. The monoisotopic (exact) mass is 376 g/mol. The first-order chi connectivity index (χ1) is 12.3. The molecule has 0 aromatic heterocycles. The van der Waals surface area contributed by atoms with Crippen LogP contribution in [0.4, 0.5) is 10.1 Å². The molecule has 2 rings (SSSR count). The first-order valence-corrected chi connectivity index (χ1v) is 8.73. The average molecular weight is 376 g/mol. The zero-order chi connectivity index (χ0) is 19.2. The smallest absolute Gasteiger partial charge is 0.269 e. The molecule has 1 amide bonds. The minimum absolute atomic E-state index is 0.0382. The number of hydrogen-bond acceptors (Lipinski definition) is 5. The highest BCUT2D eigenvalue weighted by molar-refractivity contribution is 7.93. The number of rotatable bonds is 6. The van der Waals surface area contributed by atoms with E-state index in [1.165, 1.54) is 6.08 Å². The van der Waals surface area contributed by atoms with Crippen molar-refractivity contribution in [2.24, 2.45) is 0 Å². The molecule has 7 nitrogen and oxygen atoms in total. The number of benzene rings is 2. The topological polar surface area (TPSA) is 106 Å². The lowest BCUT2D eigenvalue weighted by Gasteiger charge is -2.00. The van der Waals surface area contributed by atoms with E-state index in [9.17, 15) is 27.7 Å². The summed E-state index contributed by atoms with van der Waals surface area (Å²) in [7, 11) is -4.04. The van der Waals surface area contributed by atoms with Gasteiger partial charge in [-0.2, -0.15) is 0 Å². The second-order valence-corrected chi connectivity index (χ2v) is 6.58. The predicted molar refractivity (Wildman–Crippen MR) is 94.6 cm³/mol. The second-order valence-electron chi connectivity index (χ2n) is 5.02. The molecule has 0 saturated carbocycles. The Morgan fingerprint density at radius 2 is 1.81 bits per heavy atom. The van der Waals surface area contributed by atoms with Crippen molar-refractivity contribution in [3.05, 3.63) is 87.1 Å². The van der Waals surface area contributed by atoms with Crippen molar-refractivity contribution >= 4 is 33.8 Å². The van der Waals surface area contributed by atoms with E-state index in [0.717, 1.165) is 29.7 Å². The summed E-state index contributed by atoms with van der Waals surface area (Å²) in [6.07, 6.45) is 3.15. The van der Waals surface area contributed by atoms with Gasteiger partial charge in [0.25, 0.3) is 21.6 Å². The number of nitro benzene ring substituents is 1. The van der Waals surface area contributed by atoms with Crippen LogP contribution in [0.3, 0.4) is 0 Å². The lowest BCUT2D eigenvalue weighted by Crippen LogP contribution is -2.26. The molecular weight excluding hydrogens is 363 g/mol. The molecule has 0 aliphatic heterocycles. The lowest BCUT2D eigenvalue weighted by molar-refractivity contribution is -0.385. The van der Waals surface area contributed by atoms with Crippen LogP contribution in [-0.2, 0) is 14.8 Å². The molecule has 2 aromatic carbocycles. The fraction of sp³-hybridized carbons (Fsp3) is 0. The van der Waals surface area contributed by atoms with E-state index in [4.69, 9.17) is 0 Å². The summed E-state index contributed by atoms with van der Waals surface area (Å²) in [5.74, 6) is -1.80. The van der Waals surface area contributed by atoms with Crippen LogP contribution in [-0.4, -0.2) is 19.2 Å². The van der Waals surface area contributed by atoms with Gasteiger partial charge >= 0.3 is 0 Å². The molecule has 2 aromatic rings. The molecule has 0 atom stereocenters. The van der Waals surface area contributed by atoms with Crippen molar-refractivity contribution in [1.82, 2.24) is 4.72 Å². The zero-order valence-corrected chi connectivity index (χ0v) is 14.0. The molecule has 134 valence electrons. The molecule has 0 saturated heterocycles. The van der Waals surface area contributed by atoms with Gasteiger partial charge in [-0.25, -0.2) is 17.5 Å². The summed E-state index contributed by atoms with van der Waals surface area (Å²) in [5, 5.41) is 11.7. The van der Waals surface area contributed by atoms with Gasteiger partial charge in [-0.3, -0.25) is 14.9 Å². The molecule has 0 fully saturated rings. The molecule has 0 aliphatic carbocycles. The van der Waals surface area contributed by atoms with Crippen LogP contribution in [0.5, 0.6) is 0 Å². The Kier molecular flexibility index (Phi) is 5.97. The Hall–Kier alpha value is -3.33. The Bertz CT molecular complexity index is 985. The highest BCUT2D eigenvalue weighted by Gasteiger charge is 2.14. The fourth-order valence-electron chi connectivity index (χ4n) is 1.92. The molecule has 0 spiro atoms. The van der Waals surface area contributed by atoms with E-state index in [1.54, 1.807) is 35.1 Å². The van der Waals surface area contributed by atoms with Crippen LogP contribution in [0, 0.1) is 15.9 Å². The standard InChI is InChI=1S/C17H13FN2O5S/c18-15-8-6-14(16(12-15)20(22)23)7-9-17(21)19-26(24,25)11-10-13-4-2-1-3-5-13/h1-12H,(H,19,21)/b9-7-,11-10-. The van der Waals surface area contributed by atoms with E-state index in [0.29, 0.717) is 11.6 Å². The molecule has 0 heterocycles. The molecule has 1 N–H and O–H groups in total. The summed E-state index contributed by atoms with van der Waals surface area (Å²) in [6, 6.07) is 11.4. The molecule has 0 unspecified atom stereocenters. The molecule has 26 heavy (non-hydrogen) atoms. The van der Waals surface area contributed by atoms with Gasteiger partial charge in [-0.05, 0) is 29.8 Å². The van der Waals surface area contributed by atoms with Crippen molar-refractivity contribution in [2.45, 2.75) is 0 Å². The summed E-state index contributed by atoms with van der Waals surface area (Å²) < 4.78 is 38.5. The van der Waals surface area contributed by atoms with Crippen LogP contribution in [0.2, 0.25) is 0 Å². The third-order valence-corrected chi connectivity index (χ3v) is 4.07. The van der Waals surface area contributed by atoms with E-state index in [-0.39, 0.29) is 5.56 Å². The second kappa shape index (κ2) is 8.17. The maximum atomic E-state index is 13.1. The molecule has 0 radical (unpaired) electrons.